The van der Waals surface area contributed by atoms with Crippen molar-refractivity contribution in [2.45, 2.75) is 25.2 Å². The second kappa shape index (κ2) is 13.2. The van der Waals surface area contributed by atoms with Gasteiger partial charge in [0.05, 0.1) is 0 Å². The van der Waals surface area contributed by atoms with Gasteiger partial charge in [0.2, 0.25) is 0 Å². The maximum absolute atomic E-state index is 10.9. The minimum Gasteiger partial charge on any atom is -0.482 e. The van der Waals surface area contributed by atoms with E-state index in [1.165, 1.54) is 43.2 Å². The van der Waals surface area contributed by atoms with Gasteiger partial charge in [-0.1, -0.05) is 73.2 Å². The first-order valence-corrected chi connectivity index (χ1v) is 15.8. The van der Waals surface area contributed by atoms with Gasteiger partial charge in [0.1, 0.15) is 5.75 Å². The molecular weight excluding hydrogens is 553 g/mol. The van der Waals surface area contributed by atoms with Gasteiger partial charge in [0, 0.05) is 20.4 Å². The summed E-state index contributed by atoms with van der Waals surface area (Å²) >= 11 is 5.31. The molecular formula is C34H30O3S3. The third kappa shape index (κ3) is 6.76. The van der Waals surface area contributed by atoms with Gasteiger partial charge in [-0.3, -0.25) is 0 Å². The molecule has 0 saturated carbocycles. The number of benzene rings is 3. The number of carboxylic acid groups (broad SMARTS) is 1. The molecule has 3 aromatic carbocycles. The van der Waals surface area contributed by atoms with Crippen LogP contribution in [0.25, 0.3) is 26.5 Å². The molecule has 0 saturated heterocycles. The minimum absolute atomic E-state index is 0.337. The van der Waals surface area contributed by atoms with Crippen LogP contribution < -0.4 is 4.74 Å². The van der Waals surface area contributed by atoms with Gasteiger partial charge >= 0.3 is 5.97 Å². The van der Waals surface area contributed by atoms with Gasteiger partial charge in [0.25, 0.3) is 0 Å². The third-order valence-corrected chi connectivity index (χ3v) is 9.57. The molecule has 0 radical (unpaired) electrons. The highest BCUT2D eigenvalue weighted by Gasteiger charge is 2.14. The van der Waals surface area contributed by atoms with E-state index in [-0.39, 0.29) is 6.61 Å². The Morgan fingerprint density at radius 1 is 0.825 bits per heavy atom. The first kappa shape index (κ1) is 28.0. The topological polar surface area (TPSA) is 46.5 Å². The van der Waals surface area contributed by atoms with Crippen LogP contribution in [-0.4, -0.2) is 23.4 Å². The van der Waals surface area contributed by atoms with E-state index < -0.39 is 5.97 Å². The van der Waals surface area contributed by atoms with Crippen LogP contribution in [-0.2, 0) is 4.79 Å². The summed E-state index contributed by atoms with van der Waals surface area (Å²) in [7, 11) is 0. The number of carbonyl (C=O) groups is 1. The summed E-state index contributed by atoms with van der Waals surface area (Å²) in [4.78, 5) is 14.6. The van der Waals surface area contributed by atoms with E-state index in [1.54, 1.807) is 34.4 Å². The van der Waals surface area contributed by atoms with Crippen molar-refractivity contribution in [2.75, 3.05) is 12.4 Å². The average Bonchev–Trinajstić information content (AvgIpc) is 3.71. The van der Waals surface area contributed by atoms with E-state index >= 15 is 0 Å². The van der Waals surface area contributed by atoms with Gasteiger partial charge in [-0.2, -0.15) is 0 Å². The highest BCUT2D eigenvalue weighted by Crippen LogP contribution is 2.36. The van der Waals surface area contributed by atoms with Crippen molar-refractivity contribution in [3.05, 3.63) is 124 Å². The van der Waals surface area contributed by atoms with Gasteiger partial charge in [-0.15, -0.1) is 34.4 Å². The molecule has 0 aliphatic rings. The van der Waals surface area contributed by atoms with E-state index in [0.717, 1.165) is 22.6 Å². The fraction of sp³-hybridized carbons (Fsp3) is 0.147. The molecule has 5 aromatic rings. The summed E-state index contributed by atoms with van der Waals surface area (Å²) in [6.07, 6.45) is 0.931. The first-order chi connectivity index (χ1) is 19.5. The van der Waals surface area contributed by atoms with Gasteiger partial charge in [0.15, 0.2) is 6.61 Å². The summed E-state index contributed by atoms with van der Waals surface area (Å²) in [6, 6.07) is 32.3. The zero-order chi connectivity index (χ0) is 27.9. The van der Waals surface area contributed by atoms with Crippen molar-refractivity contribution >= 4 is 46.0 Å². The monoisotopic (exact) mass is 582 g/mol. The molecule has 5 rings (SSSR count). The van der Waals surface area contributed by atoms with E-state index in [4.69, 9.17) is 9.84 Å². The molecule has 0 bridgehead atoms. The van der Waals surface area contributed by atoms with Gasteiger partial charge in [-0.25, -0.2) is 4.79 Å². The largest absolute Gasteiger partial charge is 0.482 e. The molecule has 3 nitrogen and oxygen atoms in total. The quantitative estimate of drug-likeness (QED) is 0.157. The maximum Gasteiger partial charge on any atom is 0.341 e. The lowest BCUT2D eigenvalue weighted by Crippen LogP contribution is -2.10. The Balaban J connectivity index is 1.46. The van der Waals surface area contributed by atoms with Crippen molar-refractivity contribution < 1.29 is 14.6 Å². The normalized spacial score (nSPS) is 10.8. The minimum atomic E-state index is -0.977. The van der Waals surface area contributed by atoms with Crippen LogP contribution in [0.2, 0.25) is 0 Å². The molecule has 0 amide bonds. The number of carboxylic acids is 1. The Morgan fingerprint density at radius 3 is 1.85 bits per heavy atom. The molecule has 40 heavy (non-hydrogen) atoms. The van der Waals surface area contributed by atoms with E-state index in [9.17, 15) is 4.79 Å². The predicted molar refractivity (Wildman–Crippen MR) is 171 cm³/mol. The summed E-state index contributed by atoms with van der Waals surface area (Å²) in [6.45, 7) is 3.84. The second-order valence-electron chi connectivity index (χ2n) is 9.34. The van der Waals surface area contributed by atoms with Crippen LogP contribution >= 0.6 is 34.4 Å². The highest BCUT2D eigenvalue weighted by molar-refractivity contribution is 7.99. The van der Waals surface area contributed by atoms with Crippen LogP contribution in [0.1, 0.15) is 30.0 Å². The summed E-state index contributed by atoms with van der Waals surface area (Å²) in [5.74, 6) is 0.477. The fourth-order valence-corrected chi connectivity index (χ4v) is 7.18. The number of rotatable bonds is 11. The summed E-state index contributed by atoms with van der Waals surface area (Å²) < 4.78 is 5.41. The SMILES string of the molecule is CCC(CSc1ccc(OCC(=O)O)c(C)c1)=C(c1ccc(-c2cccs2)cc1)c1ccc(-c2cccs2)cc1. The van der Waals surface area contributed by atoms with Crippen LogP contribution in [0.4, 0.5) is 0 Å². The van der Waals surface area contributed by atoms with Crippen LogP contribution in [0.3, 0.4) is 0 Å². The zero-order valence-corrected chi connectivity index (χ0v) is 24.9. The maximum atomic E-state index is 10.9. The Labute approximate surface area is 247 Å². The smallest absolute Gasteiger partial charge is 0.341 e. The van der Waals surface area contributed by atoms with Gasteiger partial charge in [-0.05, 0) is 87.8 Å². The molecule has 1 N–H and O–H groups in total. The van der Waals surface area contributed by atoms with Crippen LogP contribution in [0.5, 0.6) is 5.75 Å². The number of ether oxygens (including phenoxy) is 1. The fourth-order valence-electron chi connectivity index (χ4n) is 4.60. The molecule has 2 heterocycles. The number of hydrogen-bond acceptors (Lipinski definition) is 5. The standard InChI is InChI=1S/C34H30O3S3/c1-3-24(22-40-29-16-17-30(23(2)20-29)37-21-33(35)36)34(27-12-8-25(9-13-27)31-6-4-18-38-31)28-14-10-26(11-15-28)32-7-5-19-39-32/h4-20H,3,21-22H2,1-2H3,(H,35,36). The van der Waals surface area contributed by atoms with E-state index in [0.29, 0.717) is 5.75 Å². The van der Waals surface area contributed by atoms with Crippen LogP contribution in [0.15, 0.2) is 112 Å². The lowest BCUT2D eigenvalue weighted by atomic mass is 9.91. The zero-order valence-electron chi connectivity index (χ0n) is 22.4. The number of aryl methyl sites for hydroxylation is 1. The Kier molecular flexibility index (Phi) is 9.22. The predicted octanol–water partition coefficient (Wildman–Crippen LogP) is 9.92. The lowest BCUT2D eigenvalue weighted by molar-refractivity contribution is -0.139. The molecule has 0 aliphatic carbocycles. The number of aliphatic carboxylic acids is 1. The molecule has 0 fully saturated rings. The van der Waals surface area contributed by atoms with Crippen molar-refractivity contribution in [1.29, 1.82) is 0 Å². The van der Waals surface area contributed by atoms with Crippen molar-refractivity contribution in [3.8, 4) is 26.6 Å². The molecule has 0 aliphatic heterocycles. The highest BCUT2D eigenvalue weighted by atomic mass is 32.2. The summed E-state index contributed by atoms with van der Waals surface area (Å²) in [5, 5.41) is 13.2. The van der Waals surface area contributed by atoms with Crippen LogP contribution in [0, 0.1) is 6.92 Å². The van der Waals surface area contributed by atoms with Gasteiger partial charge < -0.3 is 9.84 Å². The van der Waals surface area contributed by atoms with Crippen molar-refractivity contribution in [1.82, 2.24) is 0 Å². The molecule has 2 aromatic heterocycles. The third-order valence-electron chi connectivity index (χ3n) is 6.65. The molecule has 0 unspecified atom stereocenters. The lowest BCUT2D eigenvalue weighted by Gasteiger charge is -2.17. The first-order valence-electron chi connectivity index (χ1n) is 13.1. The molecule has 6 heteroatoms. The Bertz CT molecular complexity index is 1500. The van der Waals surface area contributed by atoms with Crippen molar-refractivity contribution in [2.24, 2.45) is 0 Å². The summed E-state index contributed by atoms with van der Waals surface area (Å²) in [5.41, 5.74) is 8.50. The van der Waals surface area contributed by atoms with E-state index in [1.807, 2.05) is 19.1 Å². The second-order valence-corrected chi connectivity index (χ2v) is 12.3. The van der Waals surface area contributed by atoms with Crippen molar-refractivity contribution in [3.63, 3.8) is 0 Å². The molecule has 0 atom stereocenters. The molecule has 202 valence electrons. The number of hydrogen-bond donors (Lipinski definition) is 1. The number of thioether (sulfide) groups is 1. The number of thiophene rings is 2. The average molecular weight is 583 g/mol. The molecule has 0 spiro atoms. The Hall–Kier alpha value is -3.58. The van der Waals surface area contributed by atoms with E-state index in [2.05, 4.69) is 96.5 Å². The Morgan fingerprint density at radius 2 is 1.40 bits per heavy atom.